The lowest BCUT2D eigenvalue weighted by Gasteiger charge is -2.43. The molecule has 0 aromatic heterocycles. The second-order valence-electron chi connectivity index (χ2n) is 9.33. The van der Waals surface area contributed by atoms with Crippen LogP contribution < -0.4 is 14.8 Å². The third-order valence-corrected chi connectivity index (χ3v) is 11.0. The van der Waals surface area contributed by atoms with Gasteiger partial charge in [0.25, 0.3) is 0 Å². The van der Waals surface area contributed by atoms with Gasteiger partial charge in [-0.3, -0.25) is 4.79 Å². The van der Waals surface area contributed by atoms with Gasteiger partial charge in [0.15, 0.2) is 19.8 Å². The molecule has 1 N–H and O–H groups in total. The number of benzene rings is 1. The Kier molecular flexibility index (Phi) is 4.39. The van der Waals surface area contributed by atoms with Crippen molar-refractivity contribution in [2.45, 2.75) is 63.4 Å². The topological polar surface area (TPSA) is 56.8 Å². The second-order valence-corrected chi connectivity index (χ2v) is 14.1. The van der Waals surface area contributed by atoms with Crippen molar-refractivity contribution in [1.82, 2.24) is 5.32 Å². The Hall–Kier alpha value is -1.79. The molecule has 1 aromatic carbocycles. The van der Waals surface area contributed by atoms with Crippen LogP contribution in [0.3, 0.4) is 0 Å². The highest BCUT2D eigenvalue weighted by atomic mass is 28.4. The molecule has 4 rings (SSSR count). The molecule has 0 unspecified atom stereocenters. The summed E-state index contributed by atoms with van der Waals surface area (Å²) < 4.78 is 17.6. The van der Waals surface area contributed by atoms with Crippen LogP contribution in [-0.2, 0) is 9.22 Å². The standard InChI is InChI=1S/C21H29NO4Si/c1-21(2,3)27(4,5)26-16-9-7-14(20-15(16)11-19(23)22-20)13-6-8-17-18(10-13)25-12-24-17/h6-10,14-16,20H,11-12H2,1-5H3,(H,22,23)/t14-,15+,16+,20-/m1/s1. The fraction of sp³-hybridized carbons (Fsp3) is 0.571. The third-order valence-electron chi connectivity index (χ3n) is 6.55. The first kappa shape index (κ1) is 18.6. The minimum atomic E-state index is -1.92. The Labute approximate surface area is 162 Å². The molecule has 146 valence electrons. The molecule has 1 fully saturated rings. The number of nitrogens with one attached hydrogen (secondary N) is 1. The number of carbonyl (C=O) groups is 1. The SMILES string of the molecule is CC(C)(C)[Si](C)(C)O[C@H]1C=C[C@H](c2ccc3c(c2)OCO3)[C@H]2NC(=O)C[C@H]21. The molecule has 0 spiro atoms. The molecule has 0 bridgehead atoms. The van der Waals surface area contributed by atoms with Gasteiger partial charge in [-0.15, -0.1) is 0 Å². The fourth-order valence-corrected chi connectivity index (χ4v) is 5.23. The molecule has 1 aromatic rings. The van der Waals surface area contributed by atoms with Crippen molar-refractivity contribution in [2.75, 3.05) is 6.79 Å². The summed E-state index contributed by atoms with van der Waals surface area (Å²) in [6, 6.07) is 6.11. The van der Waals surface area contributed by atoms with E-state index in [0.717, 1.165) is 17.1 Å². The van der Waals surface area contributed by atoms with E-state index in [1.807, 2.05) is 12.1 Å². The van der Waals surface area contributed by atoms with Gasteiger partial charge in [0.2, 0.25) is 12.7 Å². The average molecular weight is 388 g/mol. The maximum Gasteiger partial charge on any atom is 0.231 e. The van der Waals surface area contributed by atoms with E-state index in [0.29, 0.717) is 6.42 Å². The van der Waals surface area contributed by atoms with E-state index in [4.69, 9.17) is 13.9 Å². The smallest absolute Gasteiger partial charge is 0.231 e. The predicted molar refractivity (Wildman–Crippen MR) is 107 cm³/mol. The highest BCUT2D eigenvalue weighted by Gasteiger charge is 2.47. The van der Waals surface area contributed by atoms with Crippen LogP contribution in [0.25, 0.3) is 0 Å². The molecule has 1 amide bonds. The number of ether oxygens (including phenoxy) is 2. The van der Waals surface area contributed by atoms with E-state index >= 15 is 0 Å². The van der Waals surface area contributed by atoms with Crippen molar-refractivity contribution < 1.29 is 18.7 Å². The maximum absolute atomic E-state index is 12.3. The van der Waals surface area contributed by atoms with Gasteiger partial charge in [-0.25, -0.2) is 0 Å². The van der Waals surface area contributed by atoms with E-state index in [-0.39, 0.29) is 41.7 Å². The van der Waals surface area contributed by atoms with E-state index < -0.39 is 8.32 Å². The molecule has 0 radical (unpaired) electrons. The van der Waals surface area contributed by atoms with Crippen molar-refractivity contribution in [1.29, 1.82) is 0 Å². The number of amides is 1. The molecule has 2 heterocycles. The van der Waals surface area contributed by atoms with Crippen LogP contribution in [0.2, 0.25) is 18.1 Å². The van der Waals surface area contributed by atoms with Crippen LogP contribution in [0.5, 0.6) is 11.5 Å². The zero-order valence-corrected chi connectivity index (χ0v) is 17.7. The number of carbonyl (C=O) groups excluding carboxylic acids is 1. The van der Waals surface area contributed by atoms with Crippen molar-refractivity contribution in [3.05, 3.63) is 35.9 Å². The Bertz CT molecular complexity index is 783. The first-order chi connectivity index (χ1) is 12.7. The van der Waals surface area contributed by atoms with Gasteiger partial charge in [-0.2, -0.15) is 0 Å². The van der Waals surface area contributed by atoms with E-state index in [1.54, 1.807) is 0 Å². The zero-order valence-electron chi connectivity index (χ0n) is 16.7. The van der Waals surface area contributed by atoms with Crippen LogP contribution in [0, 0.1) is 5.92 Å². The van der Waals surface area contributed by atoms with Gasteiger partial charge >= 0.3 is 0 Å². The molecule has 2 aliphatic heterocycles. The minimum Gasteiger partial charge on any atom is -0.454 e. The molecular weight excluding hydrogens is 358 g/mol. The van der Waals surface area contributed by atoms with Gasteiger partial charge in [0.05, 0.1) is 6.10 Å². The largest absolute Gasteiger partial charge is 0.454 e. The summed E-state index contributed by atoms with van der Waals surface area (Å²) in [5.41, 5.74) is 1.14. The lowest BCUT2D eigenvalue weighted by Crippen LogP contribution is -2.49. The summed E-state index contributed by atoms with van der Waals surface area (Å²) in [6.45, 7) is 11.5. The van der Waals surface area contributed by atoms with Crippen LogP contribution >= 0.6 is 0 Å². The van der Waals surface area contributed by atoms with Gasteiger partial charge < -0.3 is 19.2 Å². The Balaban J connectivity index is 1.62. The van der Waals surface area contributed by atoms with E-state index in [9.17, 15) is 4.79 Å². The number of hydrogen-bond acceptors (Lipinski definition) is 4. The highest BCUT2D eigenvalue weighted by molar-refractivity contribution is 6.74. The molecule has 1 saturated heterocycles. The highest BCUT2D eigenvalue weighted by Crippen LogP contribution is 2.44. The third kappa shape index (κ3) is 3.29. The number of fused-ring (bicyclic) bond motifs is 2. The number of hydrogen-bond donors (Lipinski definition) is 1. The van der Waals surface area contributed by atoms with Crippen LogP contribution in [0.15, 0.2) is 30.4 Å². The lowest BCUT2D eigenvalue weighted by molar-refractivity contribution is -0.119. The molecular formula is C21H29NO4Si. The van der Waals surface area contributed by atoms with Crippen molar-refractivity contribution >= 4 is 14.2 Å². The zero-order chi connectivity index (χ0) is 19.4. The summed E-state index contributed by atoms with van der Waals surface area (Å²) in [4.78, 5) is 12.3. The Morgan fingerprint density at radius 1 is 1.15 bits per heavy atom. The number of rotatable bonds is 3. The fourth-order valence-electron chi connectivity index (χ4n) is 3.94. The summed E-state index contributed by atoms with van der Waals surface area (Å²) >= 11 is 0. The van der Waals surface area contributed by atoms with E-state index in [1.165, 1.54) is 0 Å². The summed E-state index contributed by atoms with van der Waals surface area (Å²) in [7, 11) is -1.92. The molecule has 4 atom stereocenters. The molecule has 6 heteroatoms. The van der Waals surface area contributed by atoms with Crippen molar-refractivity contribution in [3.8, 4) is 11.5 Å². The van der Waals surface area contributed by atoms with Crippen molar-refractivity contribution in [2.24, 2.45) is 5.92 Å². The molecule has 0 saturated carbocycles. The van der Waals surface area contributed by atoms with Gasteiger partial charge in [0, 0.05) is 24.3 Å². The maximum atomic E-state index is 12.3. The Morgan fingerprint density at radius 3 is 2.63 bits per heavy atom. The quantitative estimate of drug-likeness (QED) is 0.630. The van der Waals surface area contributed by atoms with Gasteiger partial charge in [-0.05, 0) is 35.8 Å². The normalized spacial score (nSPS) is 29.6. The second kappa shape index (κ2) is 6.38. The predicted octanol–water partition coefficient (Wildman–Crippen LogP) is 3.96. The average Bonchev–Trinajstić information content (AvgIpc) is 3.19. The molecule has 1 aliphatic carbocycles. The first-order valence-corrected chi connectivity index (χ1v) is 12.6. The first-order valence-electron chi connectivity index (χ1n) is 9.71. The lowest BCUT2D eigenvalue weighted by atomic mass is 9.77. The molecule has 5 nitrogen and oxygen atoms in total. The summed E-state index contributed by atoms with van der Waals surface area (Å²) in [5.74, 6) is 1.96. The molecule has 27 heavy (non-hydrogen) atoms. The van der Waals surface area contributed by atoms with E-state index in [2.05, 4.69) is 57.4 Å². The Morgan fingerprint density at radius 2 is 1.89 bits per heavy atom. The van der Waals surface area contributed by atoms with Crippen LogP contribution in [-0.4, -0.2) is 33.2 Å². The van der Waals surface area contributed by atoms with Gasteiger partial charge in [-0.1, -0.05) is 39.0 Å². The summed E-state index contributed by atoms with van der Waals surface area (Å²) in [6.07, 6.45) is 4.88. The van der Waals surface area contributed by atoms with Crippen molar-refractivity contribution in [3.63, 3.8) is 0 Å². The van der Waals surface area contributed by atoms with Gasteiger partial charge in [0.1, 0.15) is 0 Å². The van der Waals surface area contributed by atoms with Crippen LogP contribution in [0.1, 0.15) is 38.7 Å². The minimum absolute atomic E-state index is 0.0138. The van der Waals surface area contributed by atoms with Crippen LogP contribution in [0.4, 0.5) is 0 Å². The molecule has 3 aliphatic rings. The monoisotopic (exact) mass is 387 g/mol. The summed E-state index contributed by atoms with van der Waals surface area (Å²) in [5, 5.41) is 3.34.